The molecule has 4 rings (SSSR count). The van der Waals surface area contributed by atoms with E-state index in [0.717, 1.165) is 12.8 Å². The van der Waals surface area contributed by atoms with Crippen molar-refractivity contribution in [3.63, 3.8) is 0 Å². The SMILES string of the molecule is CCCCC1=CCC([Si](c2ccc(CCCC)cc2)(c2ccc(CCCC)cc2)c2ccc(CCCC)cc2)=[C-]1.[Cl-].[Cl-].[Cl-].[Ti+4]. The summed E-state index contributed by atoms with van der Waals surface area (Å²) in [6, 6.07) is 29.4. The number of hydrogen-bond donors (Lipinski definition) is 0. The minimum Gasteiger partial charge on any atom is -1.00 e. The van der Waals surface area contributed by atoms with E-state index in [1.807, 2.05) is 0 Å². The molecule has 3 aromatic carbocycles. The van der Waals surface area contributed by atoms with Crippen LogP contribution in [0.1, 0.15) is 109 Å². The van der Waals surface area contributed by atoms with Crippen LogP contribution in [-0.4, -0.2) is 8.07 Å². The fraction of sp³-hybridized carbons (Fsp3) is 0.436. The monoisotopic (exact) mass is 700 g/mol. The van der Waals surface area contributed by atoms with Crippen LogP contribution in [0.4, 0.5) is 0 Å². The molecule has 0 saturated heterocycles. The van der Waals surface area contributed by atoms with Crippen molar-refractivity contribution in [2.45, 2.75) is 111 Å². The van der Waals surface area contributed by atoms with Gasteiger partial charge in [0.15, 0.2) is 8.07 Å². The van der Waals surface area contributed by atoms with Gasteiger partial charge in [-0.3, -0.25) is 6.08 Å². The number of halogens is 3. The van der Waals surface area contributed by atoms with Crippen LogP contribution in [0, 0.1) is 6.08 Å². The molecule has 0 spiro atoms. The Morgan fingerprint density at radius 3 is 1.14 bits per heavy atom. The van der Waals surface area contributed by atoms with Gasteiger partial charge in [-0.05, 0) is 70.8 Å². The minimum atomic E-state index is -2.48. The van der Waals surface area contributed by atoms with Crippen molar-refractivity contribution in [1.82, 2.24) is 0 Å². The van der Waals surface area contributed by atoms with Gasteiger partial charge in [0.05, 0.1) is 0 Å². The summed E-state index contributed by atoms with van der Waals surface area (Å²) in [5.74, 6) is 0. The largest absolute Gasteiger partial charge is 4.00 e. The van der Waals surface area contributed by atoms with Crippen LogP contribution >= 0.6 is 0 Å². The first-order valence-corrected chi connectivity index (χ1v) is 18.3. The molecule has 0 radical (unpaired) electrons. The first-order valence-electron chi connectivity index (χ1n) is 16.3. The summed E-state index contributed by atoms with van der Waals surface area (Å²) in [4.78, 5) is 0. The molecule has 0 heterocycles. The van der Waals surface area contributed by atoms with Gasteiger partial charge in [-0.25, -0.2) is 11.6 Å². The third-order valence-corrected chi connectivity index (χ3v) is 13.6. The predicted molar refractivity (Wildman–Crippen MR) is 179 cm³/mol. The zero-order valence-corrected chi connectivity index (χ0v) is 32.2. The van der Waals surface area contributed by atoms with E-state index in [1.165, 1.54) is 114 Å². The maximum absolute atomic E-state index is 4.05. The van der Waals surface area contributed by atoms with E-state index < -0.39 is 8.07 Å². The molecule has 236 valence electrons. The number of allylic oxidation sites excluding steroid dienone is 4. The molecule has 1 aliphatic rings. The molecule has 0 aromatic heterocycles. The van der Waals surface area contributed by atoms with E-state index in [-0.39, 0.29) is 58.9 Å². The van der Waals surface area contributed by atoms with Crippen molar-refractivity contribution in [3.05, 3.63) is 112 Å². The predicted octanol–water partition coefficient (Wildman–Crippen LogP) is -0.0168. The van der Waals surface area contributed by atoms with Crippen molar-refractivity contribution in [2.24, 2.45) is 0 Å². The van der Waals surface area contributed by atoms with E-state index in [1.54, 1.807) is 0 Å². The Morgan fingerprint density at radius 2 is 0.818 bits per heavy atom. The van der Waals surface area contributed by atoms with Gasteiger partial charge in [0.1, 0.15) is 0 Å². The number of unbranched alkanes of at least 4 members (excludes halogenated alkanes) is 4. The number of aryl methyl sites for hydroxylation is 3. The van der Waals surface area contributed by atoms with E-state index in [9.17, 15) is 0 Å². The third kappa shape index (κ3) is 10.8. The molecule has 3 aromatic rings. The first kappa shape index (κ1) is 42.9. The molecule has 0 nitrogen and oxygen atoms in total. The molecule has 0 bridgehead atoms. The molecule has 0 amide bonds. The molecular weight excluding hydrogens is 651 g/mol. The topological polar surface area (TPSA) is 0 Å². The normalized spacial score (nSPS) is 12.2. The standard InChI is InChI=1S/C39H51Si.3ClH.Ti/c1-5-9-13-32-17-24-36(25-18-32)40(39-30-23-35(31-39)16-12-8-4,37-26-19-33(20-27-37)14-10-6-2)38-28-21-34(22-29-38)15-11-7-3;;;;/h17-29H,5-16,30H2,1-4H3;3*1H;/q-1;;;;+4/p-3. The number of rotatable bonds is 16. The summed E-state index contributed by atoms with van der Waals surface area (Å²) in [6.07, 6.45) is 22.2. The van der Waals surface area contributed by atoms with E-state index >= 15 is 0 Å². The second kappa shape index (κ2) is 22.5. The summed E-state index contributed by atoms with van der Waals surface area (Å²) >= 11 is 0. The number of benzene rings is 3. The van der Waals surface area contributed by atoms with Crippen LogP contribution < -0.4 is 52.8 Å². The van der Waals surface area contributed by atoms with Crippen molar-refractivity contribution in [3.8, 4) is 0 Å². The second-order valence-corrected chi connectivity index (χ2v) is 15.6. The Morgan fingerprint density at radius 1 is 0.500 bits per heavy atom. The molecule has 5 heteroatoms. The average molecular weight is 702 g/mol. The Bertz CT molecular complexity index is 1120. The third-order valence-electron chi connectivity index (χ3n) is 8.73. The van der Waals surface area contributed by atoms with Crippen LogP contribution in [0.25, 0.3) is 0 Å². The van der Waals surface area contributed by atoms with Crippen molar-refractivity contribution in [1.29, 1.82) is 0 Å². The first-order chi connectivity index (χ1) is 19.6. The summed E-state index contributed by atoms with van der Waals surface area (Å²) in [6.45, 7) is 9.14. The summed E-state index contributed by atoms with van der Waals surface area (Å²) in [5.41, 5.74) is 5.81. The van der Waals surface area contributed by atoms with Gasteiger partial charge in [0, 0.05) is 0 Å². The molecule has 0 fully saturated rings. The molecule has 0 N–H and O–H groups in total. The van der Waals surface area contributed by atoms with Crippen molar-refractivity contribution >= 4 is 23.6 Å². The zero-order valence-electron chi connectivity index (χ0n) is 27.3. The summed E-state index contributed by atoms with van der Waals surface area (Å²) in [5, 5.41) is 6.04. The molecular formula is C39H51Cl3SiTi. The smallest absolute Gasteiger partial charge is 1.00 e. The van der Waals surface area contributed by atoms with Gasteiger partial charge in [-0.1, -0.05) is 145 Å². The van der Waals surface area contributed by atoms with Crippen LogP contribution in [0.5, 0.6) is 0 Å². The molecule has 0 atom stereocenters. The maximum Gasteiger partial charge on any atom is 4.00 e. The van der Waals surface area contributed by atoms with E-state index in [0.29, 0.717) is 0 Å². The molecule has 0 unspecified atom stereocenters. The van der Waals surface area contributed by atoms with Crippen LogP contribution in [-0.2, 0) is 41.0 Å². The zero-order chi connectivity index (χ0) is 28.2. The van der Waals surface area contributed by atoms with E-state index in [2.05, 4.69) is 113 Å². The second-order valence-electron chi connectivity index (χ2n) is 11.8. The summed E-state index contributed by atoms with van der Waals surface area (Å²) < 4.78 is 0. The average Bonchev–Trinajstić information content (AvgIpc) is 3.48. The fourth-order valence-electron chi connectivity index (χ4n) is 6.23. The maximum atomic E-state index is 4.05. The molecule has 44 heavy (non-hydrogen) atoms. The minimum absolute atomic E-state index is 0. The Kier molecular flexibility index (Phi) is 21.9. The molecule has 1 aliphatic carbocycles. The molecule has 0 aliphatic heterocycles. The van der Waals surface area contributed by atoms with Gasteiger partial charge < -0.3 is 37.2 Å². The van der Waals surface area contributed by atoms with Crippen molar-refractivity contribution in [2.75, 3.05) is 0 Å². The fourth-order valence-corrected chi connectivity index (χ4v) is 11.0. The van der Waals surface area contributed by atoms with E-state index in [4.69, 9.17) is 0 Å². The Hall–Kier alpha value is -1.06. The Balaban J connectivity index is 0.00000462. The van der Waals surface area contributed by atoms with Crippen molar-refractivity contribution < 1.29 is 58.9 Å². The Labute approximate surface area is 304 Å². The van der Waals surface area contributed by atoms with Gasteiger partial charge in [0.25, 0.3) is 0 Å². The van der Waals surface area contributed by atoms with Gasteiger partial charge in [0.2, 0.25) is 0 Å². The summed E-state index contributed by atoms with van der Waals surface area (Å²) in [7, 11) is -2.48. The van der Waals surface area contributed by atoms with Gasteiger partial charge in [-0.15, -0.1) is 0 Å². The van der Waals surface area contributed by atoms with Gasteiger partial charge in [-0.2, -0.15) is 5.20 Å². The quantitative estimate of drug-likeness (QED) is 0.112. The molecule has 0 saturated carbocycles. The van der Waals surface area contributed by atoms with Crippen LogP contribution in [0.3, 0.4) is 0 Å². The van der Waals surface area contributed by atoms with Crippen LogP contribution in [0.15, 0.2) is 89.6 Å². The van der Waals surface area contributed by atoms with Crippen LogP contribution in [0.2, 0.25) is 0 Å². The van der Waals surface area contributed by atoms with Gasteiger partial charge >= 0.3 is 21.7 Å². The number of hydrogen-bond acceptors (Lipinski definition) is 0.